The van der Waals surface area contributed by atoms with Crippen LogP contribution in [0.15, 0.2) is 12.2 Å². The van der Waals surface area contributed by atoms with Gasteiger partial charge in [-0.2, -0.15) is 0 Å². The Morgan fingerprint density at radius 3 is 0.712 bits per heavy atom. The number of esters is 3. The summed E-state index contributed by atoms with van der Waals surface area (Å²) in [5.74, 6) is -0.860. The Morgan fingerprint density at radius 2 is 0.452 bits per heavy atom. The number of allylic oxidation sites excluding steroid dienone is 2. The topological polar surface area (TPSA) is 78.9 Å². The van der Waals surface area contributed by atoms with Gasteiger partial charge in [-0.15, -0.1) is 0 Å². The predicted molar refractivity (Wildman–Crippen MR) is 317 cm³/mol. The van der Waals surface area contributed by atoms with Crippen LogP contribution in [0.3, 0.4) is 0 Å². The zero-order valence-electron chi connectivity index (χ0n) is 49.7. The monoisotopic (exact) mass is 1030 g/mol. The molecule has 6 nitrogen and oxygen atoms in total. The number of unbranched alkanes of at least 4 members (excludes halogenated alkanes) is 49. The van der Waals surface area contributed by atoms with Gasteiger partial charge in [-0.25, -0.2) is 0 Å². The van der Waals surface area contributed by atoms with Crippen LogP contribution in [0.4, 0.5) is 0 Å². The molecular weight excluding hydrogens is 901 g/mol. The Morgan fingerprint density at radius 1 is 0.260 bits per heavy atom. The van der Waals surface area contributed by atoms with Gasteiger partial charge >= 0.3 is 17.9 Å². The van der Waals surface area contributed by atoms with E-state index < -0.39 is 6.10 Å². The van der Waals surface area contributed by atoms with Crippen LogP contribution in [0.25, 0.3) is 0 Å². The molecule has 73 heavy (non-hydrogen) atoms. The number of hydrogen-bond acceptors (Lipinski definition) is 6. The Hall–Kier alpha value is -1.85. The second-order valence-electron chi connectivity index (χ2n) is 22.7. The summed E-state index contributed by atoms with van der Waals surface area (Å²) in [6.45, 7) is 6.64. The highest BCUT2D eigenvalue weighted by molar-refractivity contribution is 5.71. The maximum absolute atomic E-state index is 12.8. The van der Waals surface area contributed by atoms with Crippen molar-refractivity contribution in [2.24, 2.45) is 0 Å². The van der Waals surface area contributed by atoms with Crippen LogP contribution in [0.2, 0.25) is 0 Å². The van der Waals surface area contributed by atoms with Crippen molar-refractivity contribution >= 4 is 17.9 Å². The van der Waals surface area contributed by atoms with E-state index in [1.807, 2.05) is 0 Å². The van der Waals surface area contributed by atoms with Gasteiger partial charge in [-0.05, 0) is 44.9 Å². The van der Waals surface area contributed by atoms with Crippen LogP contribution in [-0.4, -0.2) is 37.2 Å². The Labute approximate surface area is 456 Å². The van der Waals surface area contributed by atoms with Gasteiger partial charge < -0.3 is 14.2 Å². The average Bonchev–Trinajstić information content (AvgIpc) is 3.39. The van der Waals surface area contributed by atoms with Gasteiger partial charge in [-0.1, -0.05) is 328 Å². The Bertz CT molecular complexity index is 1130. The smallest absolute Gasteiger partial charge is 0.306 e. The van der Waals surface area contributed by atoms with E-state index in [0.29, 0.717) is 19.3 Å². The van der Waals surface area contributed by atoms with Crippen LogP contribution < -0.4 is 0 Å². The summed E-state index contributed by atoms with van der Waals surface area (Å²) in [6, 6.07) is 0. The lowest BCUT2D eigenvalue weighted by Crippen LogP contribution is -2.30. The van der Waals surface area contributed by atoms with Crippen molar-refractivity contribution in [1.82, 2.24) is 0 Å². The van der Waals surface area contributed by atoms with Crippen LogP contribution in [0, 0.1) is 0 Å². The molecule has 0 amide bonds. The summed E-state index contributed by atoms with van der Waals surface area (Å²) < 4.78 is 16.8. The van der Waals surface area contributed by atoms with Gasteiger partial charge in [-0.3, -0.25) is 14.4 Å². The van der Waals surface area contributed by atoms with Crippen molar-refractivity contribution in [3.63, 3.8) is 0 Å². The van der Waals surface area contributed by atoms with E-state index in [9.17, 15) is 14.4 Å². The van der Waals surface area contributed by atoms with Crippen LogP contribution in [0.1, 0.15) is 380 Å². The van der Waals surface area contributed by atoms with Crippen molar-refractivity contribution < 1.29 is 28.6 Å². The molecule has 0 saturated heterocycles. The van der Waals surface area contributed by atoms with E-state index in [1.54, 1.807) is 0 Å². The van der Waals surface area contributed by atoms with Crippen molar-refractivity contribution in [3.05, 3.63) is 12.2 Å². The predicted octanol–water partition coefficient (Wildman–Crippen LogP) is 22.4. The van der Waals surface area contributed by atoms with E-state index in [0.717, 1.165) is 64.2 Å². The van der Waals surface area contributed by atoms with Crippen LogP contribution >= 0.6 is 0 Å². The van der Waals surface area contributed by atoms with Crippen molar-refractivity contribution in [1.29, 1.82) is 0 Å². The number of rotatable bonds is 62. The SMILES string of the molecule is CCCCC/C=C\CCCCCCCC(=O)OC(COC(=O)CCCCCCCCCC)COC(=O)CCCCCCCCCCCCCCCCCCCCCCCCCCCCCCCCCCCCC. The number of carbonyl (C=O) groups is 3. The lowest BCUT2D eigenvalue weighted by Gasteiger charge is -2.18. The van der Waals surface area contributed by atoms with Gasteiger partial charge in [0, 0.05) is 19.3 Å². The van der Waals surface area contributed by atoms with Crippen LogP contribution in [-0.2, 0) is 28.6 Å². The molecule has 0 aliphatic rings. The van der Waals surface area contributed by atoms with Crippen molar-refractivity contribution in [3.8, 4) is 0 Å². The molecule has 0 heterocycles. The fourth-order valence-corrected chi connectivity index (χ4v) is 10.3. The molecule has 0 N–H and O–H groups in total. The van der Waals surface area contributed by atoms with Gasteiger partial charge in [0.2, 0.25) is 0 Å². The first-order valence-electron chi connectivity index (χ1n) is 33.2. The van der Waals surface area contributed by atoms with E-state index in [2.05, 4.69) is 32.9 Å². The van der Waals surface area contributed by atoms with Crippen molar-refractivity contribution in [2.45, 2.75) is 386 Å². The zero-order chi connectivity index (χ0) is 52.9. The number of ether oxygens (including phenoxy) is 3. The summed E-state index contributed by atoms with van der Waals surface area (Å²) in [6.07, 6.45) is 74.3. The maximum atomic E-state index is 12.8. The van der Waals surface area contributed by atoms with E-state index in [4.69, 9.17) is 14.2 Å². The normalized spacial score (nSPS) is 12.0. The highest BCUT2D eigenvalue weighted by atomic mass is 16.6. The summed E-state index contributed by atoms with van der Waals surface area (Å²) in [5.41, 5.74) is 0. The van der Waals surface area contributed by atoms with Gasteiger partial charge in [0.15, 0.2) is 6.10 Å². The summed E-state index contributed by atoms with van der Waals surface area (Å²) in [7, 11) is 0. The average molecular weight is 1030 g/mol. The molecule has 432 valence electrons. The summed E-state index contributed by atoms with van der Waals surface area (Å²) in [4.78, 5) is 38.0. The fourth-order valence-electron chi connectivity index (χ4n) is 10.3. The molecule has 0 bridgehead atoms. The zero-order valence-corrected chi connectivity index (χ0v) is 49.7. The number of hydrogen-bond donors (Lipinski definition) is 0. The minimum absolute atomic E-state index is 0.0682. The minimum Gasteiger partial charge on any atom is -0.462 e. The molecule has 6 heteroatoms. The minimum atomic E-state index is -0.768. The second-order valence-corrected chi connectivity index (χ2v) is 22.7. The molecule has 0 aromatic rings. The van der Waals surface area contributed by atoms with E-state index in [1.165, 1.54) is 276 Å². The molecular formula is C67H128O6. The molecule has 0 rings (SSSR count). The largest absolute Gasteiger partial charge is 0.462 e. The highest BCUT2D eigenvalue weighted by Gasteiger charge is 2.19. The van der Waals surface area contributed by atoms with Crippen LogP contribution in [0.5, 0.6) is 0 Å². The quantitative estimate of drug-likeness (QED) is 0.0261. The molecule has 0 aromatic heterocycles. The molecule has 0 radical (unpaired) electrons. The van der Waals surface area contributed by atoms with E-state index in [-0.39, 0.29) is 31.1 Å². The van der Waals surface area contributed by atoms with E-state index >= 15 is 0 Å². The maximum Gasteiger partial charge on any atom is 0.306 e. The third-order valence-corrected chi connectivity index (χ3v) is 15.3. The summed E-state index contributed by atoms with van der Waals surface area (Å²) >= 11 is 0. The molecule has 0 saturated carbocycles. The van der Waals surface area contributed by atoms with Gasteiger partial charge in [0.25, 0.3) is 0 Å². The highest BCUT2D eigenvalue weighted by Crippen LogP contribution is 2.19. The first kappa shape index (κ1) is 71.2. The standard InChI is InChI=1S/C67H128O6/c1-4-7-10-13-16-19-21-23-24-25-26-27-28-29-30-31-32-33-34-35-36-37-38-39-40-41-42-43-44-45-47-48-51-54-57-60-66(69)72-63-64(62-71-65(68)59-56-53-50-18-15-12-9-6-3)73-67(70)61-58-55-52-49-46-22-20-17-14-11-8-5-2/h17,20,64H,4-16,18-19,21-63H2,1-3H3/b20-17-. The molecule has 0 aliphatic carbocycles. The third kappa shape index (κ3) is 60.9. The second kappa shape index (κ2) is 62.7. The molecule has 1 atom stereocenters. The lowest BCUT2D eigenvalue weighted by atomic mass is 10.0. The molecule has 0 fully saturated rings. The van der Waals surface area contributed by atoms with Gasteiger partial charge in [0.05, 0.1) is 0 Å². The van der Waals surface area contributed by atoms with Crippen molar-refractivity contribution in [2.75, 3.05) is 13.2 Å². The lowest BCUT2D eigenvalue weighted by molar-refractivity contribution is -0.167. The first-order valence-corrected chi connectivity index (χ1v) is 33.2. The molecule has 0 aliphatic heterocycles. The summed E-state index contributed by atoms with van der Waals surface area (Å²) in [5, 5.41) is 0. The third-order valence-electron chi connectivity index (χ3n) is 15.3. The Balaban J connectivity index is 3.86. The molecule has 0 spiro atoms. The molecule has 0 aromatic carbocycles. The molecule has 1 unspecified atom stereocenters. The Kier molecular flexibility index (Phi) is 61.1. The fraction of sp³-hybridized carbons (Fsp3) is 0.925. The number of carbonyl (C=O) groups excluding carboxylic acids is 3. The first-order chi connectivity index (χ1) is 36.0. The van der Waals surface area contributed by atoms with Gasteiger partial charge in [0.1, 0.15) is 13.2 Å².